The molecule has 0 saturated heterocycles. The Balaban J connectivity index is 2.55. The van der Waals surface area contributed by atoms with Gasteiger partial charge in [-0.05, 0) is 24.7 Å². The molecule has 13 heavy (non-hydrogen) atoms. The molecule has 1 nitrogen and oxygen atoms in total. The Kier molecular flexibility index (Phi) is 4.20. The van der Waals surface area contributed by atoms with E-state index in [0.717, 1.165) is 12.7 Å². The van der Waals surface area contributed by atoms with Gasteiger partial charge in [0.05, 0.1) is 0 Å². The Morgan fingerprint density at radius 2 is 2.38 bits per heavy atom. The zero-order chi connectivity index (χ0) is 9.68. The van der Waals surface area contributed by atoms with Crippen LogP contribution in [-0.4, -0.2) is 6.29 Å². The summed E-state index contributed by atoms with van der Waals surface area (Å²) < 4.78 is 0. The van der Waals surface area contributed by atoms with Gasteiger partial charge in [0, 0.05) is 5.92 Å². The molecule has 0 heterocycles. The maximum absolute atomic E-state index is 10.8. The number of rotatable bonds is 4. The van der Waals surface area contributed by atoms with Crippen molar-refractivity contribution in [3.05, 3.63) is 12.2 Å². The van der Waals surface area contributed by atoms with Crippen LogP contribution in [0.2, 0.25) is 0 Å². The molecule has 1 rings (SSSR count). The van der Waals surface area contributed by atoms with Crippen molar-refractivity contribution in [2.45, 2.75) is 39.5 Å². The van der Waals surface area contributed by atoms with Gasteiger partial charge in [-0.3, -0.25) is 0 Å². The van der Waals surface area contributed by atoms with Gasteiger partial charge in [0.2, 0.25) is 0 Å². The van der Waals surface area contributed by atoms with Crippen LogP contribution in [-0.2, 0) is 4.79 Å². The molecular formula is C12H20O. The highest BCUT2D eigenvalue weighted by atomic mass is 16.1. The molecule has 74 valence electrons. The maximum atomic E-state index is 10.8. The standard InChI is InChI=1S/C12H20O/c1-3-6-10(2)12-8-5-4-7-11(12)9-13/h4,7,9-12H,3,5-6,8H2,1-2H3. The predicted molar refractivity (Wildman–Crippen MR) is 55.5 cm³/mol. The van der Waals surface area contributed by atoms with Crippen LogP contribution < -0.4 is 0 Å². The number of aldehydes is 1. The summed E-state index contributed by atoms with van der Waals surface area (Å²) in [6, 6.07) is 0. The van der Waals surface area contributed by atoms with Gasteiger partial charge in [0.15, 0.2) is 0 Å². The van der Waals surface area contributed by atoms with Crippen molar-refractivity contribution in [1.82, 2.24) is 0 Å². The lowest BCUT2D eigenvalue weighted by Gasteiger charge is -2.29. The van der Waals surface area contributed by atoms with E-state index < -0.39 is 0 Å². The summed E-state index contributed by atoms with van der Waals surface area (Å²) in [7, 11) is 0. The van der Waals surface area contributed by atoms with Gasteiger partial charge in [-0.25, -0.2) is 0 Å². The summed E-state index contributed by atoms with van der Waals surface area (Å²) in [4.78, 5) is 10.8. The van der Waals surface area contributed by atoms with Crippen molar-refractivity contribution in [2.75, 3.05) is 0 Å². The van der Waals surface area contributed by atoms with E-state index in [1.165, 1.54) is 19.3 Å². The molecule has 1 aliphatic rings. The molecule has 0 amide bonds. The second-order valence-electron chi connectivity index (χ2n) is 4.15. The Labute approximate surface area is 81.2 Å². The first kappa shape index (κ1) is 10.5. The second kappa shape index (κ2) is 5.21. The third-order valence-corrected chi connectivity index (χ3v) is 3.15. The van der Waals surface area contributed by atoms with E-state index in [1.807, 2.05) is 0 Å². The van der Waals surface area contributed by atoms with Gasteiger partial charge in [-0.1, -0.05) is 38.8 Å². The molecule has 0 bridgehead atoms. The van der Waals surface area contributed by atoms with Gasteiger partial charge in [0.25, 0.3) is 0 Å². The van der Waals surface area contributed by atoms with Crippen LogP contribution in [0.4, 0.5) is 0 Å². The lowest BCUT2D eigenvalue weighted by atomic mass is 9.75. The number of hydrogen-bond acceptors (Lipinski definition) is 1. The second-order valence-corrected chi connectivity index (χ2v) is 4.15. The highest BCUT2D eigenvalue weighted by Crippen LogP contribution is 2.32. The molecule has 0 N–H and O–H groups in total. The van der Waals surface area contributed by atoms with Crippen LogP contribution >= 0.6 is 0 Å². The third-order valence-electron chi connectivity index (χ3n) is 3.15. The van der Waals surface area contributed by atoms with Gasteiger partial charge >= 0.3 is 0 Å². The average molecular weight is 180 g/mol. The van der Waals surface area contributed by atoms with Crippen LogP contribution in [0.1, 0.15) is 39.5 Å². The molecule has 0 aromatic heterocycles. The fraction of sp³-hybridized carbons (Fsp3) is 0.750. The molecule has 0 aliphatic heterocycles. The van der Waals surface area contributed by atoms with E-state index in [9.17, 15) is 4.79 Å². The fourth-order valence-corrected chi connectivity index (χ4v) is 2.36. The Morgan fingerprint density at radius 3 is 3.00 bits per heavy atom. The van der Waals surface area contributed by atoms with Crippen molar-refractivity contribution >= 4 is 6.29 Å². The Hall–Kier alpha value is -0.590. The van der Waals surface area contributed by atoms with Crippen LogP contribution in [0.25, 0.3) is 0 Å². The molecule has 0 aromatic rings. The number of carbonyl (C=O) groups excluding carboxylic acids is 1. The molecule has 1 heteroatoms. The summed E-state index contributed by atoms with van der Waals surface area (Å²) in [6.07, 6.45) is 10.2. The number of hydrogen-bond donors (Lipinski definition) is 0. The Morgan fingerprint density at radius 1 is 1.62 bits per heavy atom. The Bertz CT molecular complexity index is 184. The predicted octanol–water partition coefficient (Wildman–Crippen LogP) is 3.20. The minimum Gasteiger partial charge on any atom is -0.303 e. The first-order chi connectivity index (χ1) is 6.29. The van der Waals surface area contributed by atoms with Crippen LogP contribution in [0.3, 0.4) is 0 Å². The van der Waals surface area contributed by atoms with Crippen LogP contribution in [0.15, 0.2) is 12.2 Å². The minimum absolute atomic E-state index is 0.190. The van der Waals surface area contributed by atoms with Crippen LogP contribution in [0.5, 0.6) is 0 Å². The molecule has 0 aromatic carbocycles. The van der Waals surface area contributed by atoms with Gasteiger partial charge in [-0.2, -0.15) is 0 Å². The lowest BCUT2D eigenvalue weighted by molar-refractivity contribution is -0.111. The molecule has 0 fully saturated rings. The molecule has 3 unspecified atom stereocenters. The summed E-state index contributed by atoms with van der Waals surface area (Å²) in [5.41, 5.74) is 0. The average Bonchev–Trinajstić information content (AvgIpc) is 2.18. The van der Waals surface area contributed by atoms with Crippen LogP contribution in [0, 0.1) is 17.8 Å². The van der Waals surface area contributed by atoms with E-state index in [2.05, 4.69) is 26.0 Å². The quantitative estimate of drug-likeness (QED) is 0.479. The maximum Gasteiger partial charge on any atom is 0.127 e. The number of carbonyl (C=O) groups is 1. The van der Waals surface area contributed by atoms with Crippen molar-refractivity contribution in [1.29, 1.82) is 0 Å². The zero-order valence-corrected chi connectivity index (χ0v) is 8.70. The molecule has 1 aliphatic carbocycles. The summed E-state index contributed by atoms with van der Waals surface area (Å²) in [5, 5.41) is 0. The topological polar surface area (TPSA) is 17.1 Å². The molecule has 3 atom stereocenters. The van der Waals surface area contributed by atoms with E-state index in [4.69, 9.17) is 0 Å². The minimum atomic E-state index is 0.190. The monoisotopic (exact) mass is 180 g/mol. The van der Waals surface area contributed by atoms with E-state index >= 15 is 0 Å². The van der Waals surface area contributed by atoms with E-state index in [0.29, 0.717) is 11.8 Å². The molecule has 0 radical (unpaired) electrons. The fourth-order valence-electron chi connectivity index (χ4n) is 2.36. The molecule has 0 saturated carbocycles. The van der Waals surface area contributed by atoms with Gasteiger partial charge in [0.1, 0.15) is 6.29 Å². The smallest absolute Gasteiger partial charge is 0.127 e. The van der Waals surface area contributed by atoms with Crippen molar-refractivity contribution < 1.29 is 4.79 Å². The van der Waals surface area contributed by atoms with E-state index in [1.54, 1.807) is 0 Å². The molecule has 0 spiro atoms. The first-order valence-corrected chi connectivity index (χ1v) is 5.41. The molecular weight excluding hydrogens is 160 g/mol. The van der Waals surface area contributed by atoms with Crippen molar-refractivity contribution in [2.24, 2.45) is 17.8 Å². The first-order valence-electron chi connectivity index (χ1n) is 5.41. The summed E-state index contributed by atoms with van der Waals surface area (Å²) in [6.45, 7) is 4.49. The normalized spacial score (nSPS) is 30.0. The zero-order valence-electron chi connectivity index (χ0n) is 8.70. The van der Waals surface area contributed by atoms with Crippen molar-refractivity contribution in [3.8, 4) is 0 Å². The van der Waals surface area contributed by atoms with Gasteiger partial charge < -0.3 is 4.79 Å². The largest absolute Gasteiger partial charge is 0.303 e. The highest BCUT2D eigenvalue weighted by Gasteiger charge is 2.25. The number of allylic oxidation sites excluding steroid dienone is 2. The lowest BCUT2D eigenvalue weighted by Crippen LogP contribution is -2.23. The summed E-state index contributed by atoms with van der Waals surface area (Å²) in [5.74, 6) is 1.49. The SMILES string of the molecule is CCCC(C)C1CCC=CC1C=O. The van der Waals surface area contributed by atoms with Crippen molar-refractivity contribution in [3.63, 3.8) is 0 Å². The third kappa shape index (κ3) is 2.68. The summed E-state index contributed by atoms with van der Waals surface area (Å²) >= 11 is 0. The van der Waals surface area contributed by atoms with Gasteiger partial charge in [-0.15, -0.1) is 0 Å². The van der Waals surface area contributed by atoms with E-state index in [-0.39, 0.29) is 5.92 Å². The highest BCUT2D eigenvalue weighted by molar-refractivity contribution is 5.57.